The Bertz CT molecular complexity index is 398. The molecule has 0 bridgehead atoms. The highest BCUT2D eigenvalue weighted by Crippen LogP contribution is 2.15. The molecule has 1 N–H and O–H groups in total. The number of aryl methyl sites for hydroxylation is 1. The van der Waals surface area contributed by atoms with Gasteiger partial charge in [-0.05, 0) is 31.4 Å². The van der Waals surface area contributed by atoms with Gasteiger partial charge in [0.15, 0.2) is 0 Å². The van der Waals surface area contributed by atoms with Gasteiger partial charge in [-0.15, -0.1) is 0 Å². The molecule has 1 rings (SSSR count). The van der Waals surface area contributed by atoms with E-state index in [0.717, 1.165) is 6.42 Å². The van der Waals surface area contributed by atoms with Crippen molar-refractivity contribution in [1.82, 2.24) is 10.2 Å². The van der Waals surface area contributed by atoms with Crippen molar-refractivity contribution < 1.29 is 4.79 Å². The van der Waals surface area contributed by atoms with Gasteiger partial charge in [-0.1, -0.05) is 37.6 Å². The molecule has 106 valence electrons. The van der Waals surface area contributed by atoms with Crippen molar-refractivity contribution in [3.63, 3.8) is 0 Å². The van der Waals surface area contributed by atoms with Crippen LogP contribution in [0, 0.1) is 0 Å². The molecule has 0 aliphatic heterocycles. The molecule has 1 amide bonds. The molecule has 2 unspecified atom stereocenters. The molecule has 0 aliphatic carbocycles. The van der Waals surface area contributed by atoms with Gasteiger partial charge in [-0.3, -0.25) is 10.1 Å². The number of nitrogens with zero attached hydrogens (tertiary/aromatic N) is 1. The SMILES string of the molecule is CCCc1ccc(C(C)NC(C)C(=O)N(C)C)cc1. The summed E-state index contributed by atoms with van der Waals surface area (Å²) in [6.07, 6.45) is 2.29. The fraction of sp³-hybridized carbons (Fsp3) is 0.562. The van der Waals surface area contributed by atoms with Gasteiger partial charge in [0.2, 0.25) is 5.91 Å². The molecule has 2 atom stereocenters. The van der Waals surface area contributed by atoms with Crippen LogP contribution in [0.15, 0.2) is 24.3 Å². The van der Waals surface area contributed by atoms with Crippen molar-refractivity contribution in [2.75, 3.05) is 14.1 Å². The van der Waals surface area contributed by atoms with E-state index in [-0.39, 0.29) is 18.0 Å². The molecule has 0 aromatic heterocycles. The van der Waals surface area contributed by atoms with Gasteiger partial charge in [-0.25, -0.2) is 0 Å². The van der Waals surface area contributed by atoms with Gasteiger partial charge >= 0.3 is 0 Å². The Morgan fingerprint density at radius 2 is 1.79 bits per heavy atom. The minimum atomic E-state index is -0.166. The van der Waals surface area contributed by atoms with Gasteiger partial charge in [-0.2, -0.15) is 0 Å². The third-order valence-electron chi connectivity index (χ3n) is 3.33. The number of carbonyl (C=O) groups excluding carboxylic acids is 1. The average molecular weight is 262 g/mol. The van der Waals surface area contributed by atoms with Crippen molar-refractivity contribution in [3.8, 4) is 0 Å². The van der Waals surface area contributed by atoms with Crippen molar-refractivity contribution in [2.45, 2.75) is 45.7 Å². The van der Waals surface area contributed by atoms with Crippen molar-refractivity contribution in [2.24, 2.45) is 0 Å². The molecule has 1 aromatic rings. The summed E-state index contributed by atoms with van der Waals surface area (Å²) in [5.41, 5.74) is 2.59. The van der Waals surface area contributed by atoms with E-state index >= 15 is 0 Å². The molecule has 0 aliphatic rings. The zero-order chi connectivity index (χ0) is 14.4. The van der Waals surface area contributed by atoms with Crippen LogP contribution in [0.3, 0.4) is 0 Å². The van der Waals surface area contributed by atoms with Gasteiger partial charge in [0.05, 0.1) is 6.04 Å². The fourth-order valence-electron chi connectivity index (χ4n) is 2.19. The summed E-state index contributed by atoms with van der Waals surface area (Å²) in [6, 6.07) is 8.66. The molecule has 1 aromatic carbocycles. The zero-order valence-electron chi connectivity index (χ0n) is 12.7. The maximum Gasteiger partial charge on any atom is 0.238 e. The molecule has 3 heteroatoms. The van der Waals surface area contributed by atoms with Crippen LogP contribution in [0.25, 0.3) is 0 Å². The summed E-state index contributed by atoms with van der Waals surface area (Å²) in [6.45, 7) is 6.19. The molecule has 0 heterocycles. The third kappa shape index (κ3) is 4.67. The highest BCUT2D eigenvalue weighted by Gasteiger charge is 2.17. The van der Waals surface area contributed by atoms with Gasteiger partial charge in [0, 0.05) is 20.1 Å². The van der Waals surface area contributed by atoms with Crippen molar-refractivity contribution in [3.05, 3.63) is 35.4 Å². The number of benzene rings is 1. The van der Waals surface area contributed by atoms with E-state index in [1.807, 2.05) is 6.92 Å². The lowest BCUT2D eigenvalue weighted by molar-refractivity contribution is -0.130. The van der Waals surface area contributed by atoms with Crippen LogP contribution in [0.2, 0.25) is 0 Å². The van der Waals surface area contributed by atoms with E-state index in [0.29, 0.717) is 0 Å². The van der Waals surface area contributed by atoms with Crippen LogP contribution in [-0.4, -0.2) is 30.9 Å². The monoisotopic (exact) mass is 262 g/mol. The molecule has 0 spiro atoms. The van der Waals surface area contributed by atoms with Crippen LogP contribution in [0.5, 0.6) is 0 Å². The number of amides is 1. The van der Waals surface area contributed by atoms with Crippen LogP contribution in [0.1, 0.15) is 44.4 Å². The molecular weight excluding hydrogens is 236 g/mol. The lowest BCUT2D eigenvalue weighted by atomic mass is 10.0. The van der Waals surface area contributed by atoms with E-state index in [9.17, 15) is 4.79 Å². The van der Waals surface area contributed by atoms with E-state index in [2.05, 4.69) is 43.4 Å². The fourth-order valence-corrected chi connectivity index (χ4v) is 2.19. The Balaban J connectivity index is 2.62. The molecule has 0 saturated carbocycles. The lowest BCUT2D eigenvalue weighted by Gasteiger charge is -2.22. The van der Waals surface area contributed by atoms with Crippen LogP contribution < -0.4 is 5.32 Å². The molecule has 0 fully saturated rings. The van der Waals surface area contributed by atoms with Crippen LogP contribution in [-0.2, 0) is 11.2 Å². The highest BCUT2D eigenvalue weighted by atomic mass is 16.2. The number of carbonyl (C=O) groups is 1. The first kappa shape index (κ1) is 15.7. The second kappa shape index (κ2) is 7.29. The highest BCUT2D eigenvalue weighted by molar-refractivity contribution is 5.80. The predicted octanol–water partition coefficient (Wildman–Crippen LogP) is 2.77. The number of hydrogen-bond acceptors (Lipinski definition) is 2. The summed E-state index contributed by atoms with van der Waals surface area (Å²) < 4.78 is 0. The first-order valence-electron chi connectivity index (χ1n) is 7.01. The van der Waals surface area contributed by atoms with Crippen LogP contribution in [0.4, 0.5) is 0 Å². The first-order valence-corrected chi connectivity index (χ1v) is 7.01. The molecule has 0 radical (unpaired) electrons. The van der Waals surface area contributed by atoms with Gasteiger partial charge in [0.1, 0.15) is 0 Å². The Labute approximate surface area is 117 Å². The second-order valence-corrected chi connectivity index (χ2v) is 5.33. The van der Waals surface area contributed by atoms with Crippen molar-refractivity contribution in [1.29, 1.82) is 0 Å². The van der Waals surface area contributed by atoms with Gasteiger partial charge < -0.3 is 4.90 Å². The second-order valence-electron chi connectivity index (χ2n) is 5.33. The van der Waals surface area contributed by atoms with Gasteiger partial charge in [0.25, 0.3) is 0 Å². The largest absolute Gasteiger partial charge is 0.347 e. The quantitative estimate of drug-likeness (QED) is 0.855. The standard InChI is InChI=1S/C16H26N2O/c1-6-7-14-8-10-15(11-9-14)12(2)17-13(3)16(19)18(4)5/h8-13,17H,6-7H2,1-5H3. The number of nitrogens with one attached hydrogen (secondary N) is 1. The Morgan fingerprint density at radius 1 is 1.21 bits per heavy atom. The zero-order valence-corrected chi connectivity index (χ0v) is 12.7. The van der Waals surface area contributed by atoms with Crippen LogP contribution >= 0.6 is 0 Å². The molecule has 3 nitrogen and oxygen atoms in total. The van der Waals surface area contributed by atoms with E-state index in [1.54, 1.807) is 19.0 Å². The van der Waals surface area contributed by atoms with E-state index in [4.69, 9.17) is 0 Å². The number of rotatable bonds is 6. The van der Waals surface area contributed by atoms with Crippen molar-refractivity contribution >= 4 is 5.91 Å². The smallest absolute Gasteiger partial charge is 0.238 e. The average Bonchev–Trinajstić information content (AvgIpc) is 2.38. The molecular formula is C16H26N2O. The van der Waals surface area contributed by atoms with E-state index < -0.39 is 0 Å². The summed E-state index contributed by atoms with van der Waals surface area (Å²) in [4.78, 5) is 13.4. The first-order chi connectivity index (χ1) is 8.95. The molecule has 0 saturated heterocycles. The summed E-state index contributed by atoms with van der Waals surface area (Å²) in [5, 5.41) is 3.34. The Kier molecular flexibility index (Phi) is 6.03. The van der Waals surface area contributed by atoms with E-state index in [1.165, 1.54) is 17.5 Å². The number of hydrogen-bond donors (Lipinski definition) is 1. The summed E-state index contributed by atoms with van der Waals surface area (Å²) in [5.74, 6) is 0.106. The topological polar surface area (TPSA) is 32.3 Å². The summed E-state index contributed by atoms with van der Waals surface area (Å²) in [7, 11) is 3.56. The third-order valence-corrected chi connectivity index (χ3v) is 3.33. The Hall–Kier alpha value is -1.35. The normalized spacial score (nSPS) is 13.9. The predicted molar refractivity (Wildman–Crippen MR) is 80.1 cm³/mol. The maximum atomic E-state index is 11.8. The lowest BCUT2D eigenvalue weighted by Crippen LogP contribution is -2.42. The summed E-state index contributed by atoms with van der Waals surface area (Å²) >= 11 is 0. The molecule has 19 heavy (non-hydrogen) atoms. The number of likely N-dealkylation sites (N-methyl/N-ethyl adjacent to an activating group) is 1. The maximum absolute atomic E-state index is 11.8. The minimum absolute atomic E-state index is 0.106. The Morgan fingerprint density at radius 3 is 2.26 bits per heavy atom. The minimum Gasteiger partial charge on any atom is -0.347 e.